The summed E-state index contributed by atoms with van der Waals surface area (Å²) in [5.41, 5.74) is 0.841. The Morgan fingerprint density at radius 1 is 1.21 bits per heavy atom. The minimum Gasteiger partial charge on any atom is -0.493 e. The molecule has 8 heteroatoms. The van der Waals surface area contributed by atoms with E-state index < -0.39 is 0 Å². The van der Waals surface area contributed by atoms with Gasteiger partial charge in [-0.2, -0.15) is 0 Å². The maximum absolute atomic E-state index is 12.7. The highest BCUT2D eigenvalue weighted by atomic mass is 32.1. The summed E-state index contributed by atoms with van der Waals surface area (Å²) in [7, 11) is 3.17. The van der Waals surface area contributed by atoms with Gasteiger partial charge in [-0.1, -0.05) is 6.07 Å². The lowest BCUT2D eigenvalue weighted by atomic mass is 10.1. The van der Waals surface area contributed by atoms with Crippen molar-refractivity contribution in [2.75, 3.05) is 20.8 Å². The van der Waals surface area contributed by atoms with Gasteiger partial charge in [-0.25, -0.2) is 4.98 Å². The molecule has 0 fully saturated rings. The van der Waals surface area contributed by atoms with Crippen molar-refractivity contribution in [1.29, 1.82) is 0 Å². The largest absolute Gasteiger partial charge is 0.493 e. The number of methoxy groups -OCH3 is 2. The van der Waals surface area contributed by atoms with E-state index in [1.807, 2.05) is 30.5 Å². The number of benzene rings is 1. The average Bonchev–Trinajstić information content (AvgIpc) is 3.20. The van der Waals surface area contributed by atoms with Crippen molar-refractivity contribution in [3.63, 3.8) is 0 Å². The minimum absolute atomic E-state index is 0.0189. The second-order valence-corrected chi connectivity index (χ2v) is 7.12. The Morgan fingerprint density at radius 3 is 2.71 bits per heavy atom. The zero-order valence-electron chi connectivity index (χ0n) is 16.2. The van der Waals surface area contributed by atoms with Gasteiger partial charge in [-0.15, -0.1) is 11.3 Å². The highest BCUT2D eigenvalue weighted by Gasteiger charge is 2.15. The van der Waals surface area contributed by atoms with Gasteiger partial charge in [0.15, 0.2) is 11.5 Å². The molecule has 1 amide bonds. The van der Waals surface area contributed by atoms with Gasteiger partial charge in [0.25, 0.3) is 5.56 Å². The molecule has 28 heavy (non-hydrogen) atoms. The molecule has 0 radical (unpaired) electrons. The van der Waals surface area contributed by atoms with Crippen molar-refractivity contribution in [3.05, 3.63) is 51.9 Å². The molecule has 0 aliphatic rings. The van der Waals surface area contributed by atoms with Gasteiger partial charge in [-0.05, 0) is 36.1 Å². The Morgan fingerprint density at radius 2 is 2.00 bits per heavy atom. The predicted molar refractivity (Wildman–Crippen MR) is 109 cm³/mol. The Hall–Kier alpha value is -2.87. The quantitative estimate of drug-likeness (QED) is 0.580. The van der Waals surface area contributed by atoms with Crippen LogP contribution in [-0.2, 0) is 17.9 Å². The molecule has 0 aliphatic heterocycles. The summed E-state index contributed by atoms with van der Waals surface area (Å²) in [6.07, 6.45) is 1.75. The summed E-state index contributed by atoms with van der Waals surface area (Å²) in [4.78, 5) is 31.9. The van der Waals surface area contributed by atoms with Crippen LogP contribution >= 0.6 is 11.3 Å². The van der Waals surface area contributed by atoms with E-state index >= 15 is 0 Å². The molecule has 2 aromatic heterocycles. The number of nitrogens with zero attached hydrogens (tertiary/aromatic N) is 3. The van der Waals surface area contributed by atoms with Gasteiger partial charge in [0.05, 0.1) is 25.9 Å². The summed E-state index contributed by atoms with van der Waals surface area (Å²) in [6, 6.07) is 7.38. The molecule has 7 nitrogen and oxygen atoms in total. The number of hydrogen-bond donors (Lipinski definition) is 0. The first-order valence-electron chi connectivity index (χ1n) is 8.98. The van der Waals surface area contributed by atoms with Crippen LogP contribution in [0, 0.1) is 0 Å². The molecule has 3 aromatic rings. The van der Waals surface area contributed by atoms with Crippen molar-refractivity contribution in [3.8, 4) is 11.5 Å². The van der Waals surface area contributed by atoms with E-state index in [9.17, 15) is 9.59 Å². The highest BCUT2D eigenvalue weighted by Crippen LogP contribution is 2.28. The van der Waals surface area contributed by atoms with Crippen LogP contribution in [0.1, 0.15) is 18.9 Å². The number of amides is 1. The predicted octanol–water partition coefficient (Wildman–Crippen LogP) is 2.91. The molecule has 148 valence electrons. The van der Waals surface area contributed by atoms with Crippen LogP contribution < -0.4 is 15.0 Å². The minimum atomic E-state index is -0.109. The average molecular weight is 401 g/mol. The Kier molecular flexibility index (Phi) is 6.30. The summed E-state index contributed by atoms with van der Waals surface area (Å²) >= 11 is 1.43. The topological polar surface area (TPSA) is 73.7 Å². The first kappa shape index (κ1) is 19.9. The molecule has 0 atom stereocenters. The lowest BCUT2D eigenvalue weighted by molar-refractivity contribution is -0.131. The summed E-state index contributed by atoms with van der Waals surface area (Å²) in [5, 5.41) is 2.44. The van der Waals surface area contributed by atoms with Crippen molar-refractivity contribution < 1.29 is 14.3 Å². The molecule has 0 saturated heterocycles. The number of thiophene rings is 1. The molecule has 2 heterocycles. The third-order valence-corrected chi connectivity index (χ3v) is 5.39. The van der Waals surface area contributed by atoms with E-state index in [-0.39, 0.29) is 17.9 Å². The normalized spacial score (nSPS) is 10.8. The van der Waals surface area contributed by atoms with Crippen LogP contribution in [0.5, 0.6) is 11.5 Å². The van der Waals surface area contributed by atoms with Crippen molar-refractivity contribution >= 4 is 27.5 Å². The van der Waals surface area contributed by atoms with E-state index in [4.69, 9.17) is 9.47 Å². The fourth-order valence-electron chi connectivity index (χ4n) is 3.00. The maximum Gasteiger partial charge on any atom is 0.262 e. The SMILES string of the molecule is CCN(Cc1ccc(OC)c(OC)c1)C(=O)CCn1cnc2sccc2c1=O. The maximum atomic E-state index is 12.7. The highest BCUT2D eigenvalue weighted by molar-refractivity contribution is 7.16. The third-order valence-electron chi connectivity index (χ3n) is 4.57. The van der Waals surface area contributed by atoms with Gasteiger partial charge in [0.2, 0.25) is 5.91 Å². The molecule has 0 saturated carbocycles. The van der Waals surface area contributed by atoms with E-state index in [0.717, 1.165) is 10.4 Å². The molecule has 0 unspecified atom stereocenters. The number of aryl methyl sites for hydroxylation is 1. The number of carbonyl (C=O) groups excluding carboxylic acids is 1. The molecule has 0 spiro atoms. The molecule has 0 aliphatic carbocycles. The van der Waals surface area contributed by atoms with Crippen LogP contribution in [0.25, 0.3) is 10.2 Å². The standard InChI is InChI=1S/C20H23N3O4S/c1-4-22(12-14-5-6-16(26-2)17(11-14)27-3)18(24)7-9-23-13-21-19-15(20(23)25)8-10-28-19/h5-6,8,10-11,13H,4,7,9,12H2,1-3H3. The number of hydrogen-bond acceptors (Lipinski definition) is 6. The summed E-state index contributed by atoms with van der Waals surface area (Å²) < 4.78 is 12.1. The number of fused-ring (bicyclic) bond motifs is 1. The summed E-state index contributed by atoms with van der Waals surface area (Å²) in [5.74, 6) is 1.26. The van der Waals surface area contributed by atoms with E-state index in [0.29, 0.717) is 36.5 Å². The van der Waals surface area contributed by atoms with E-state index in [2.05, 4.69) is 4.98 Å². The fraction of sp³-hybridized carbons (Fsp3) is 0.350. The molecule has 3 rings (SSSR count). The smallest absolute Gasteiger partial charge is 0.262 e. The lowest BCUT2D eigenvalue weighted by Crippen LogP contribution is -2.32. The number of ether oxygens (including phenoxy) is 2. The first-order chi connectivity index (χ1) is 13.6. The number of carbonyl (C=O) groups is 1. The van der Waals surface area contributed by atoms with Gasteiger partial charge < -0.3 is 14.4 Å². The van der Waals surface area contributed by atoms with Gasteiger partial charge in [-0.3, -0.25) is 14.2 Å². The van der Waals surface area contributed by atoms with Gasteiger partial charge in [0, 0.05) is 26.1 Å². The van der Waals surface area contributed by atoms with Crippen LogP contribution in [0.4, 0.5) is 0 Å². The van der Waals surface area contributed by atoms with Crippen LogP contribution in [-0.4, -0.2) is 41.1 Å². The van der Waals surface area contributed by atoms with Crippen LogP contribution in [0.15, 0.2) is 40.8 Å². The van der Waals surface area contributed by atoms with E-state index in [1.165, 1.54) is 22.2 Å². The van der Waals surface area contributed by atoms with Gasteiger partial charge >= 0.3 is 0 Å². The molecular formula is C20H23N3O4S. The second kappa shape index (κ2) is 8.88. The first-order valence-corrected chi connectivity index (χ1v) is 9.86. The molecule has 1 aromatic carbocycles. The van der Waals surface area contributed by atoms with Crippen LogP contribution in [0.3, 0.4) is 0 Å². The van der Waals surface area contributed by atoms with Crippen molar-refractivity contribution in [2.45, 2.75) is 26.4 Å². The van der Waals surface area contributed by atoms with Gasteiger partial charge in [0.1, 0.15) is 4.83 Å². The number of aromatic nitrogens is 2. The molecule has 0 bridgehead atoms. The monoisotopic (exact) mass is 401 g/mol. The number of rotatable bonds is 8. The zero-order valence-corrected chi connectivity index (χ0v) is 17.0. The fourth-order valence-corrected chi connectivity index (χ4v) is 3.73. The zero-order chi connectivity index (χ0) is 20.1. The second-order valence-electron chi connectivity index (χ2n) is 6.23. The van der Waals surface area contributed by atoms with Crippen LogP contribution in [0.2, 0.25) is 0 Å². The van der Waals surface area contributed by atoms with Crippen molar-refractivity contribution in [2.24, 2.45) is 0 Å². The Bertz CT molecular complexity index is 1030. The Labute approximate surface area is 167 Å². The lowest BCUT2D eigenvalue weighted by Gasteiger charge is -2.22. The summed E-state index contributed by atoms with van der Waals surface area (Å²) in [6.45, 7) is 3.28. The Balaban J connectivity index is 1.68. The molecule has 0 N–H and O–H groups in total. The molecular weight excluding hydrogens is 378 g/mol. The van der Waals surface area contributed by atoms with E-state index in [1.54, 1.807) is 25.2 Å². The third kappa shape index (κ3) is 4.17. The van der Waals surface area contributed by atoms with Crippen molar-refractivity contribution in [1.82, 2.24) is 14.5 Å².